The maximum atomic E-state index is 9.81. The molecule has 0 aromatic rings. The molecule has 2 N–H and O–H groups in total. The lowest BCUT2D eigenvalue weighted by atomic mass is 10.2. The highest BCUT2D eigenvalue weighted by Gasteiger charge is 1.96. The van der Waals surface area contributed by atoms with Crippen molar-refractivity contribution in [2.45, 2.75) is 25.7 Å². The maximum absolute atomic E-state index is 9.81. The van der Waals surface area contributed by atoms with Crippen molar-refractivity contribution in [2.75, 3.05) is 6.16 Å². The molecule has 0 spiro atoms. The van der Waals surface area contributed by atoms with Crippen LogP contribution in [0.4, 0.5) is 0 Å². The van der Waals surface area contributed by atoms with Crippen molar-refractivity contribution in [2.24, 2.45) is 0 Å². The summed E-state index contributed by atoms with van der Waals surface area (Å²) in [5, 5.41) is 0. The van der Waals surface area contributed by atoms with Crippen LogP contribution in [-0.4, -0.2) is 22.2 Å². The first kappa shape index (κ1) is 10.0. The Labute approximate surface area is 62.0 Å². The molecular formula is C6H13O3P. The second kappa shape index (κ2) is 7.13. The molecule has 4 heteroatoms. The van der Waals surface area contributed by atoms with Gasteiger partial charge in [0.25, 0.3) is 0 Å². The molecule has 0 saturated heterocycles. The van der Waals surface area contributed by atoms with Crippen LogP contribution in [0.25, 0.3) is 0 Å². The molecule has 0 amide bonds. The molecule has 0 aliphatic rings. The molecule has 0 aliphatic heterocycles. The van der Waals surface area contributed by atoms with Crippen LogP contribution in [0, 0.1) is 0 Å². The first-order chi connectivity index (χ1) is 4.77. The van der Waals surface area contributed by atoms with Crippen LogP contribution in [0.1, 0.15) is 25.7 Å². The van der Waals surface area contributed by atoms with E-state index in [1.165, 1.54) is 0 Å². The van der Waals surface area contributed by atoms with Crippen LogP contribution in [0.2, 0.25) is 0 Å². The van der Waals surface area contributed by atoms with E-state index in [-0.39, 0.29) is 0 Å². The highest BCUT2D eigenvalue weighted by Crippen LogP contribution is 2.24. The summed E-state index contributed by atoms with van der Waals surface area (Å²) >= 11 is 0. The molecule has 10 heavy (non-hydrogen) atoms. The lowest BCUT2D eigenvalue weighted by molar-refractivity contribution is -0.107. The third kappa shape index (κ3) is 8.02. The third-order valence-electron chi connectivity index (χ3n) is 1.18. The van der Waals surface area contributed by atoms with Gasteiger partial charge in [0, 0.05) is 12.6 Å². The smallest absolute Gasteiger partial charge is 0.164 e. The molecule has 0 fully saturated rings. The molecule has 3 nitrogen and oxygen atoms in total. The van der Waals surface area contributed by atoms with E-state index >= 15 is 0 Å². The largest absolute Gasteiger partial charge is 0.350 e. The first-order valence-electron chi connectivity index (χ1n) is 3.36. The molecule has 0 radical (unpaired) electrons. The Hall–Kier alpha value is 0.0200. The number of hydrogen-bond acceptors (Lipinski definition) is 3. The molecule has 0 aromatic carbocycles. The fraction of sp³-hybridized carbons (Fsp3) is 0.833. The fourth-order valence-corrected chi connectivity index (χ4v) is 1.16. The molecule has 0 unspecified atom stereocenters. The molecule has 0 heterocycles. The molecule has 0 bridgehead atoms. The average molecular weight is 164 g/mol. The van der Waals surface area contributed by atoms with Crippen LogP contribution in [0.3, 0.4) is 0 Å². The van der Waals surface area contributed by atoms with Crippen LogP contribution in [-0.2, 0) is 4.79 Å². The average Bonchev–Trinajstić information content (AvgIpc) is 1.87. The minimum atomic E-state index is -1.71. The van der Waals surface area contributed by atoms with E-state index in [1.807, 2.05) is 0 Å². The second-order valence-corrected chi connectivity index (χ2v) is 3.30. The van der Waals surface area contributed by atoms with Gasteiger partial charge in [0.1, 0.15) is 6.29 Å². The van der Waals surface area contributed by atoms with Gasteiger partial charge in [-0.05, 0) is 12.8 Å². The third-order valence-corrected chi connectivity index (χ3v) is 1.90. The summed E-state index contributed by atoms with van der Waals surface area (Å²) in [5.41, 5.74) is 0. The standard InChI is InChI=1S/C6H13O3P/c7-5-3-1-2-4-6-10(8)9/h5,8-9H,1-4,6H2. The molecule has 0 rings (SSSR count). The highest BCUT2D eigenvalue weighted by molar-refractivity contribution is 7.45. The van der Waals surface area contributed by atoms with Crippen molar-refractivity contribution in [1.29, 1.82) is 0 Å². The topological polar surface area (TPSA) is 57.5 Å². The zero-order chi connectivity index (χ0) is 7.82. The predicted octanol–water partition coefficient (Wildman–Crippen LogP) is 1.04. The monoisotopic (exact) mass is 164 g/mol. The van der Waals surface area contributed by atoms with Gasteiger partial charge in [-0.2, -0.15) is 0 Å². The Morgan fingerprint density at radius 3 is 2.40 bits per heavy atom. The van der Waals surface area contributed by atoms with Gasteiger partial charge in [-0.25, -0.2) is 0 Å². The zero-order valence-electron chi connectivity index (χ0n) is 5.86. The van der Waals surface area contributed by atoms with Crippen LogP contribution in [0.15, 0.2) is 0 Å². The lowest BCUT2D eigenvalue weighted by Crippen LogP contribution is -1.84. The summed E-state index contributed by atoms with van der Waals surface area (Å²) in [6.45, 7) is 0. The Morgan fingerprint density at radius 1 is 1.20 bits per heavy atom. The second-order valence-electron chi connectivity index (χ2n) is 2.11. The summed E-state index contributed by atoms with van der Waals surface area (Å²) in [7, 11) is -1.71. The minimum Gasteiger partial charge on any atom is -0.350 e. The Bertz CT molecular complexity index is 85.1. The van der Waals surface area contributed by atoms with Crippen molar-refractivity contribution < 1.29 is 14.6 Å². The maximum Gasteiger partial charge on any atom is 0.164 e. The Morgan fingerprint density at radius 2 is 1.90 bits per heavy atom. The van der Waals surface area contributed by atoms with Crippen molar-refractivity contribution in [3.05, 3.63) is 0 Å². The molecule has 0 atom stereocenters. The summed E-state index contributed by atoms with van der Waals surface area (Å²) in [6, 6.07) is 0. The quantitative estimate of drug-likeness (QED) is 0.350. The first-order valence-corrected chi connectivity index (χ1v) is 4.79. The SMILES string of the molecule is O=CCCCCCP(O)O. The normalized spacial score (nSPS) is 10.3. The molecule has 60 valence electrons. The van der Waals surface area contributed by atoms with Gasteiger partial charge in [-0.3, -0.25) is 0 Å². The summed E-state index contributed by atoms with van der Waals surface area (Å²) in [4.78, 5) is 26.7. The number of aldehydes is 1. The van der Waals surface area contributed by atoms with Gasteiger partial charge in [-0.15, -0.1) is 0 Å². The van der Waals surface area contributed by atoms with E-state index in [4.69, 9.17) is 9.79 Å². The van der Waals surface area contributed by atoms with Crippen LogP contribution in [0.5, 0.6) is 0 Å². The van der Waals surface area contributed by atoms with Crippen LogP contribution >= 0.6 is 8.38 Å². The number of unbranched alkanes of at least 4 members (excludes halogenated alkanes) is 3. The zero-order valence-corrected chi connectivity index (χ0v) is 6.76. The van der Waals surface area contributed by atoms with Crippen molar-refractivity contribution in [3.63, 3.8) is 0 Å². The van der Waals surface area contributed by atoms with E-state index < -0.39 is 8.38 Å². The molecule has 0 saturated carbocycles. The van der Waals surface area contributed by atoms with Gasteiger partial charge >= 0.3 is 0 Å². The van der Waals surface area contributed by atoms with Crippen molar-refractivity contribution >= 4 is 14.7 Å². The molecular weight excluding hydrogens is 151 g/mol. The van der Waals surface area contributed by atoms with Gasteiger partial charge in [0.05, 0.1) is 0 Å². The lowest BCUT2D eigenvalue weighted by Gasteiger charge is -1.99. The molecule has 0 aromatic heterocycles. The molecule has 0 aliphatic carbocycles. The minimum absolute atomic E-state index is 0.480. The summed E-state index contributed by atoms with van der Waals surface area (Å²) < 4.78 is 0. The highest BCUT2D eigenvalue weighted by atomic mass is 31.2. The predicted molar refractivity (Wildman–Crippen MR) is 40.8 cm³/mol. The van der Waals surface area contributed by atoms with E-state index in [1.54, 1.807) is 0 Å². The van der Waals surface area contributed by atoms with Crippen LogP contribution < -0.4 is 0 Å². The van der Waals surface area contributed by atoms with E-state index in [9.17, 15) is 4.79 Å². The van der Waals surface area contributed by atoms with Gasteiger partial charge in [0.2, 0.25) is 0 Å². The number of hydrogen-bond donors (Lipinski definition) is 2. The van der Waals surface area contributed by atoms with Gasteiger partial charge in [0.15, 0.2) is 8.38 Å². The van der Waals surface area contributed by atoms with E-state index in [0.29, 0.717) is 12.6 Å². The van der Waals surface area contributed by atoms with E-state index in [0.717, 1.165) is 25.5 Å². The number of rotatable bonds is 6. The Kier molecular flexibility index (Phi) is 7.15. The van der Waals surface area contributed by atoms with Crippen molar-refractivity contribution in [3.8, 4) is 0 Å². The van der Waals surface area contributed by atoms with Gasteiger partial charge < -0.3 is 14.6 Å². The fourth-order valence-electron chi connectivity index (χ4n) is 0.658. The number of carbonyl (C=O) groups is 1. The summed E-state index contributed by atoms with van der Waals surface area (Å²) in [6.07, 6.45) is 4.56. The van der Waals surface area contributed by atoms with E-state index in [2.05, 4.69) is 0 Å². The number of carbonyl (C=O) groups excluding carboxylic acids is 1. The Balaban J connectivity index is 2.83. The summed E-state index contributed by atoms with van der Waals surface area (Å²) in [5.74, 6) is 0. The van der Waals surface area contributed by atoms with Crippen molar-refractivity contribution in [1.82, 2.24) is 0 Å². The van der Waals surface area contributed by atoms with Gasteiger partial charge in [-0.1, -0.05) is 6.42 Å².